The first-order valence-corrected chi connectivity index (χ1v) is 41.9. The van der Waals surface area contributed by atoms with Crippen molar-refractivity contribution in [2.45, 2.75) is 81.6 Å². The summed E-state index contributed by atoms with van der Waals surface area (Å²) in [6, 6.07) is 28.7. The van der Waals surface area contributed by atoms with E-state index in [1.165, 1.54) is 59.3 Å². The summed E-state index contributed by atoms with van der Waals surface area (Å²) in [6.45, 7) is 16.6. The third kappa shape index (κ3) is 48.8. The van der Waals surface area contributed by atoms with Crippen LogP contribution in [0.3, 0.4) is 0 Å². The lowest BCUT2D eigenvalue weighted by atomic mass is 10.2. The molecule has 0 radical (unpaired) electrons. The second-order valence-electron chi connectivity index (χ2n) is 22.3. The number of aryl methyl sites for hydroxylation is 9. The van der Waals surface area contributed by atoms with Gasteiger partial charge in [-0.05, 0) is 204 Å². The summed E-state index contributed by atoms with van der Waals surface area (Å²) in [6.07, 6.45) is 8.03. The molecule has 0 N–H and O–H groups in total. The van der Waals surface area contributed by atoms with Crippen molar-refractivity contribution in [3.63, 3.8) is 0 Å². The summed E-state index contributed by atoms with van der Waals surface area (Å²) in [5.41, 5.74) is 1.88. The molecule has 0 spiro atoms. The standard InChI is InChI=1S/C10H8ClN3.C9H6ClN3.C7H4ClN3S.C7H10ClN3.C6H8ClN3.C5ClN5.C5H6ClN3O2.C5H6ClN3O.C5H6ClN3.C4HClN4.C4H4ClN3.C3ClF2N3.C3H2ClN3/c1-7-12-9(14-10(11)13-7)8-5-3-2-4-6-8;10-9-12-6-11-8(13-9)7-4-2-1-3-5-7;8-7-10-4-9-6(11-7)5-2-1-3-12-5;1-3-5-9-6(4-2)11-7(8)10-5;1-3-5-8-4(2)9-6(7)10-5;6-5-10-3(1-7)9-4(2-8)11-5;1-10-4-7-3(6)8-5(9-4)11-2;1-3-7-4(6)9-5(8-3)10-2;1-3-7-4(2)9-5(6)8-3;5-4-8-2-7-3(1-6)9-4;1-3-6-2-7-4(5)8-3;4-1-7-2(5)9-3(6)8-1;4-3-6-1-5-2-7-3/h2-6H,1H3;1-6H;1-4H;3-4H2,1-2H3;3H2,1-2H3;;1-2H3;1-2H3;1-2H3;2H;2H,1H3;;1-2H. The van der Waals surface area contributed by atoms with Gasteiger partial charge in [0.1, 0.15) is 109 Å². The van der Waals surface area contributed by atoms with Gasteiger partial charge in [-0.15, -0.1) is 16.3 Å². The molecule has 0 aliphatic heterocycles. The first kappa shape index (κ1) is 113. The first-order valence-electron chi connectivity index (χ1n) is 36.1. The molecule has 0 saturated heterocycles. The van der Waals surface area contributed by atoms with Crippen LogP contribution in [0.2, 0.25) is 68.7 Å². The number of benzene rings is 2. The SMILES string of the molecule is CCc1nc(C)nc(Cl)n1.CCc1nc(Cl)nc(CC)n1.COc1nc(C)nc(Cl)n1.COc1nc(Cl)nc(OC)n1.Cc1nc(C)nc(Cl)n1.Cc1nc(Cl)nc(-c2ccccc2)n1.Cc1ncnc(Cl)n1.Clc1ncnc(-c2ccccc2)n1.Clc1ncnc(-c2cccs2)n1.Clc1ncncn1.Fc1nc(F)nc(Cl)n1.N#Cc1nc(Cl)nc(C#N)n1.N#Cc1ncnc(Cl)n1. The van der Waals surface area contributed by atoms with Gasteiger partial charge in [0.25, 0.3) is 0 Å². The van der Waals surface area contributed by atoms with E-state index in [1.807, 2.05) is 98.9 Å². The zero-order valence-electron chi connectivity index (χ0n) is 70.7. The van der Waals surface area contributed by atoms with Crippen LogP contribution in [-0.2, 0) is 19.3 Å². The Bertz CT molecular complexity index is 6000. The normalized spacial score (nSPS) is 9.52. The van der Waals surface area contributed by atoms with Crippen LogP contribution in [0.25, 0.3) is 33.5 Å². The van der Waals surface area contributed by atoms with Crippen LogP contribution in [0.5, 0.6) is 18.0 Å². The molecule has 14 aromatic heterocycles. The second kappa shape index (κ2) is 63.8. The number of nitriles is 3. The first-order chi connectivity index (χ1) is 64.1. The maximum Gasteiger partial charge on any atom is 0.323 e. The Hall–Kier alpha value is -13.2. The smallest absolute Gasteiger partial charge is 0.323 e. The van der Waals surface area contributed by atoms with Gasteiger partial charge in [0.05, 0.1) is 26.2 Å². The van der Waals surface area contributed by atoms with Crippen molar-refractivity contribution >= 4 is 162 Å². The molecule has 0 bridgehead atoms. The Morgan fingerprint density at radius 2 is 0.619 bits per heavy atom. The molecular weight excluding hydrogens is 2040 g/mol. The Labute approximate surface area is 828 Å². The highest BCUT2D eigenvalue weighted by Crippen LogP contribution is 2.22. The average molecular weight is 2110 g/mol. The summed E-state index contributed by atoms with van der Waals surface area (Å²) in [4.78, 5) is 145. The highest BCUT2D eigenvalue weighted by atomic mass is 35.5. The number of thiophene rings is 1. The molecule has 0 amide bonds. The highest BCUT2D eigenvalue weighted by molar-refractivity contribution is 7.13. The van der Waals surface area contributed by atoms with E-state index in [9.17, 15) is 8.78 Å². The summed E-state index contributed by atoms with van der Waals surface area (Å²) in [7, 11) is 4.35. The van der Waals surface area contributed by atoms with Gasteiger partial charge in [0.2, 0.25) is 86.2 Å². The van der Waals surface area contributed by atoms with Crippen molar-refractivity contribution < 1.29 is 23.0 Å². The molecule has 16 aromatic rings. The largest absolute Gasteiger partial charge is 0.467 e. The predicted octanol–water partition coefficient (Wildman–Crippen LogP) is 15.3. The molecule has 61 heteroatoms. The number of hydrogen-bond donors (Lipinski definition) is 0. The summed E-state index contributed by atoms with van der Waals surface area (Å²) < 4.78 is 37.8. The quantitative estimate of drug-likeness (QED) is 0.129. The van der Waals surface area contributed by atoms with E-state index in [0.29, 0.717) is 57.7 Å². The minimum Gasteiger partial charge on any atom is -0.467 e. The van der Waals surface area contributed by atoms with E-state index in [2.05, 4.69) is 194 Å². The van der Waals surface area contributed by atoms with E-state index in [-0.39, 0.29) is 93.6 Å². The van der Waals surface area contributed by atoms with Gasteiger partial charge in [0.15, 0.2) is 17.5 Å². The average Bonchev–Trinajstić information content (AvgIpc) is 1.50. The number of aromatic nitrogens is 39. The molecule has 0 fully saturated rings. The Morgan fingerprint density at radius 3 is 1.00 bits per heavy atom. The fraction of sp³-hybridized carbons (Fsp3) is 0.205. The number of nitrogens with zero attached hydrogens (tertiary/aromatic N) is 42. The summed E-state index contributed by atoms with van der Waals surface area (Å²) in [5.74, 6) is 7.68. The van der Waals surface area contributed by atoms with Crippen LogP contribution in [-0.4, -0.2) is 216 Å². The molecule has 16 rings (SSSR count). The number of rotatable bonds is 9. The van der Waals surface area contributed by atoms with Crippen molar-refractivity contribution in [2.75, 3.05) is 21.3 Å². The van der Waals surface area contributed by atoms with Gasteiger partial charge in [0, 0.05) is 30.4 Å². The molecular formula is C73H61Cl13F2N42O3S. The lowest BCUT2D eigenvalue weighted by Crippen LogP contribution is -2.01. The zero-order valence-corrected chi connectivity index (χ0v) is 81.3. The van der Waals surface area contributed by atoms with Gasteiger partial charge in [-0.1, -0.05) is 87.5 Å². The Kier molecular flexibility index (Phi) is 53.8. The predicted molar refractivity (Wildman–Crippen MR) is 487 cm³/mol. The fourth-order valence-electron chi connectivity index (χ4n) is 7.63. The van der Waals surface area contributed by atoms with Crippen LogP contribution < -0.4 is 14.2 Å². The molecule has 0 aliphatic carbocycles. The van der Waals surface area contributed by atoms with Gasteiger partial charge in [-0.25, -0.2) is 120 Å². The number of hydrogen-bond acceptors (Lipinski definition) is 46. The molecule has 45 nitrogen and oxygen atoms in total. The minimum atomic E-state index is -1.22. The van der Waals surface area contributed by atoms with Gasteiger partial charge >= 0.3 is 30.2 Å². The minimum absolute atomic E-state index is 0.0370. The molecule has 0 atom stereocenters. The molecule has 14 heterocycles. The lowest BCUT2D eigenvalue weighted by molar-refractivity contribution is 0.340. The molecule has 0 saturated carbocycles. The van der Waals surface area contributed by atoms with E-state index < -0.39 is 17.4 Å². The number of methoxy groups -OCH3 is 3. The topological polar surface area (TPSA) is 602 Å². The fourth-order valence-corrected chi connectivity index (χ4v) is 10.4. The maximum absolute atomic E-state index is 11.8. The number of ether oxygens (including phenoxy) is 3. The Morgan fingerprint density at radius 1 is 0.276 bits per heavy atom. The van der Waals surface area contributed by atoms with Crippen LogP contribution in [0.4, 0.5) is 8.78 Å². The Balaban J connectivity index is 0.000000305. The zero-order chi connectivity index (χ0) is 98.9. The van der Waals surface area contributed by atoms with Gasteiger partial charge in [-0.2, -0.15) is 94.3 Å². The summed E-state index contributed by atoms with van der Waals surface area (Å²) >= 11 is 72.5. The van der Waals surface area contributed by atoms with Crippen LogP contribution in [0, 0.1) is 87.7 Å². The monoisotopic (exact) mass is 2100 g/mol. The van der Waals surface area contributed by atoms with Crippen molar-refractivity contribution in [3.05, 3.63) is 267 Å². The van der Waals surface area contributed by atoms with Crippen LogP contribution in [0.1, 0.15) is 90.7 Å². The summed E-state index contributed by atoms with van der Waals surface area (Å²) in [5, 5.41) is 28.4. The second-order valence-corrected chi connectivity index (χ2v) is 27.7. The molecule has 134 heavy (non-hydrogen) atoms. The van der Waals surface area contributed by atoms with E-state index in [4.69, 9.17) is 181 Å². The molecule has 0 aliphatic rings. The molecule has 0 unspecified atom stereocenters. The third-order valence-electron chi connectivity index (χ3n) is 12.8. The number of halogens is 15. The van der Waals surface area contributed by atoms with Crippen LogP contribution >= 0.6 is 162 Å². The van der Waals surface area contributed by atoms with Crippen molar-refractivity contribution in [2.24, 2.45) is 0 Å². The van der Waals surface area contributed by atoms with Crippen molar-refractivity contribution in [1.82, 2.24) is 194 Å². The van der Waals surface area contributed by atoms with Gasteiger partial charge < -0.3 is 14.2 Å². The van der Waals surface area contributed by atoms with E-state index in [1.54, 1.807) is 71.1 Å². The van der Waals surface area contributed by atoms with Crippen molar-refractivity contribution in [1.29, 1.82) is 15.8 Å². The molecule has 2 aromatic carbocycles. The van der Waals surface area contributed by atoms with E-state index >= 15 is 0 Å². The van der Waals surface area contributed by atoms with Gasteiger partial charge in [-0.3, -0.25) is 0 Å². The third-order valence-corrected chi connectivity index (χ3v) is 15.9. The van der Waals surface area contributed by atoms with Crippen molar-refractivity contribution in [3.8, 4) is 69.7 Å². The lowest BCUT2D eigenvalue weighted by Gasteiger charge is -2.00. The molecule has 692 valence electrons. The highest BCUT2D eigenvalue weighted by Gasteiger charge is 2.10. The van der Waals surface area contributed by atoms with Crippen LogP contribution in [0.15, 0.2) is 116 Å². The maximum atomic E-state index is 11.8. The van der Waals surface area contributed by atoms with E-state index in [0.717, 1.165) is 52.7 Å².